The molecule has 1 saturated heterocycles. The molecule has 27 heavy (non-hydrogen) atoms. The van der Waals surface area contributed by atoms with E-state index in [1.54, 1.807) is 12.1 Å². The molecule has 1 atom stereocenters. The maximum atomic E-state index is 13.2. The van der Waals surface area contributed by atoms with E-state index in [-0.39, 0.29) is 23.2 Å². The van der Waals surface area contributed by atoms with E-state index in [0.717, 1.165) is 31.4 Å². The Balaban J connectivity index is 1.36. The molecule has 4 rings (SSSR count). The number of halogens is 1. The van der Waals surface area contributed by atoms with Crippen molar-refractivity contribution in [3.05, 3.63) is 30.1 Å². The quantitative estimate of drug-likeness (QED) is 0.881. The molecular formula is C21H28FN3O2. The topological polar surface area (TPSA) is 56.1 Å². The van der Waals surface area contributed by atoms with Gasteiger partial charge in [0.1, 0.15) is 5.82 Å². The van der Waals surface area contributed by atoms with E-state index in [1.165, 1.54) is 12.1 Å². The standard InChI is InChI=1S/C21H28FN3O2/c1-20(8-2-9-20)19(26)24-13-10-21(27,11-14-24)15-18-7-12-23-25(18)17-5-3-16(22)4-6-17/h3-6,12,18,27H,2,7-11,13-15H2,1H3. The highest BCUT2D eigenvalue weighted by molar-refractivity contribution is 5.83. The SMILES string of the molecule is CC1(C(=O)N2CCC(O)(CC3CC=NN3c3ccc(F)cc3)CC2)CCC1. The molecule has 6 heteroatoms. The van der Waals surface area contributed by atoms with Crippen LogP contribution in [0.4, 0.5) is 10.1 Å². The predicted molar refractivity (Wildman–Crippen MR) is 103 cm³/mol. The average molecular weight is 373 g/mol. The summed E-state index contributed by atoms with van der Waals surface area (Å²) >= 11 is 0. The summed E-state index contributed by atoms with van der Waals surface area (Å²) in [7, 11) is 0. The van der Waals surface area contributed by atoms with Gasteiger partial charge in [0.2, 0.25) is 5.91 Å². The molecule has 5 nitrogen and oxygen atoms in total. The average Bonchev–Trinajstić information content (AvgIpc) is 3.08. The number of carbonyl (C=O) groups excluding carboxylic acids is 1. The number of carbonyl (C=O) groups is 1. The highest BCUT2D eigenvalue weighted by Gasteiger charge is 2.45. The van der Waals surface area contributed by atoms with Gasteiger partial charge in [0.05, 0.1) is 17.3 Å². The highest BCUT2D eigenvalue weighted by Crippen LogP contribution is 2.43. The Kier molecular flexibility index (Phi) is 4.70. The van der Waals surface area contributed by atoms with Crippen molar-refractivity contribution in [3.8, 4) is 0 Å². The molecule has 1 aromatic rings. The minimum absolute atomic E-state index is 0.0619. The van der Waals surface area contributed by atoms with Gasteiger partial charge < -0.3 is 10.0 Å². The maximum Gasteiger partial charge on any atom is 0.228 e. The molecule has 0 radical (unpaired) electrons. The summed E-state index contributed by atoms with van der Waals surface area (Å²) < 4.78 is 13.2. The Bertz CT molecular complexity index is 721. The van der Waals surface area contributed by atoms with E-state index < -0.39 is 5.60 Å². The summed E-state index contributed by atoms with van der Waals surface area (Å²) in [5, 5.41) is 17.4. The van der Waals surface area contributed by atoms with E-state index in [0.29, 0.717) is 32.4 Å². The normalized spacial score (nSPS) is 26.1. The smallest absolute Gasteiger partial charge is 0.228 e. The number of rotatable bonds is 4. The zero-order valence-corrected chi connectivity index (χ0v) is 15.9. The van der Waals surface area contributed by atoms with Crippen LogP contribution >= 0.6 is 0 Å². The van der Waals surface area contributed by atoms with Crippen molar-refractivity contribution in [2.75, 3.05) is 18.1 Å². The van der Waals surface area contributed by atoms with Crippen LogP contribution in [0.5, 0.6) is 0 Å². The van der Waals surface area contributed by atoms with Gasteiger partial charge in [0.15, 0.2) is 0 Å². The lowest BCUT2D eigenvalue weighted by molar-refractivity contribution is -0.150. The molecule has 2 aliphatic heterocycles. The third-order valence-corrected chi connectivity index (χ3v) is 6.59. The summed E-state index contributed by atoms with van der Waals surface area (Å²) in [6.07, 6.45) is 7.53. The molecule has 0 spiro atoms. The van der Waals surface area contributed by atoms with Crippen LogP contribution < -0.4 is 5.01 Å². The number of amides is 1. The molecule has 1 aromatic carbocycles. The van der Waals surface area contributed by atoms with Crippen LogP contribution in [0.1, 0.15) is 51.9 Å². The molecule has 0 bridgehead atoms. The second-order valence-electron chi connectivity index (χ2n) is 8.64. The number of hydrogen-bond donors (Lipinski definition) is 1. The molecular weight excluding hydrogens is 345 g/mol. The largest absolute Gasteiger partial charge is 0.390 e. The minimum atomic E-state index is -0.784. The zero-order chi connectivity index (χ0) is 19.1. The lowest BCUT2D eigenvalue weighted by Gasteiger charge is -2.45. The van der Waals surface area contributed by atoms with Crippen LogP contribution in [0.2, 0.25) is 0 Å². The number of hydrogen-bond acceptors (Lipinski definition) is 4. The summed E-state index contributed by atoms with van der Waals surface area (Å²) in [4.78, 5) is 14.6. The Morgan fingerprint density at radius 1 is 1.22 bits per heavy atom. The van der Waals surface area contributed by atoms with Crippen LogP contribution in [0.3, 0.4) is 0 Å². The first-order valence-electron chi connectivity index (χ1n) is 9.98. The first-order valence-corrected chi connectivity index (χ1v) is 9.98. The monoisotopic (exact) mass is 373 g/mol. The second kappa shape index (κ2) is 6.89. The van der Waals surface area contributed by atoms with E-state index in [1.807, 2.05) is 16.1 Å². The number of piperidine rings is 1. The van der Waals surface area contributed by atoms with Crippen molar-refractivity contribution >= 4 is 17.8 Å². The Morgan fingerprint density at radius 3 is 2.48 bits per heavy atom. The number of nitrogens with zero attached hydrogens (tertiary/aromatic N) is 3. The van der Waals surface area contributed by atoms with Crippen LogP contribution in [-0.2, 0) is 4.79 Å². The van der Waals surface area contributed by atoms with Crippen LogP contribution in [-0.4, -0.2) is 46.9 Å². The predicted octanol–water partition coefficient (Wildman–Crippen LogP) is 3.32. The molecule has 1 N–H and O–H groups in total. The Labute approximate surface area is 159 Å². The van der Waals surface area contributed by atoms with E-state index in [2.05, 4.69) is 12.0 Å². The van der Waals surface area contributed by atoms with Gasteiger partial charge >= 0.3 is 0 Å². The molecule has 2 heterocycles. The van der Waals surface area contributed by atoms with Crippen LogP contribution in [0, 0.1) is 11.2 Å². The zero-order valence-electron chi connectivity index (χ0n) is 15.9. The van der Waals surface area contributed by atoms with E-state index in [9.17, 15) is 14.3 Å². The van der Waals surface area contributed by atoms with Crippen molar-refractivity contribution in [3.63, 3.8) is 0 Å². The maximum absolute atomic E-state index is 13.2. The number of anilines is 1. The van der Waals surface area contributed by atoms with Gasteiger partial charge in [0.25, 0.3) is 0 Å². The number of likely N-dealkylation sites (tertiary alicyclic amines) is 1. The van der Waals surface area contributed by atoms with Crippen molar-refractivity contribution in [2.24, 2.45) is 10.5 Å². The van der Waals surface area contributed by atoms with Crippen molar-refractivity contribution in [1.29, 1.82) is 0 Å². The first kappa shape index (κ1) is 18.4. The van der Waals surface area contributed by atoms with Crippen molar-refractivity contribution in [2.45, 2.75) is 63.5 Å². The molecule has 1 amide bonds. The van der Waals surface area contributed by atoms with Crippen LogP contribution in [0.15, 0.2) is 29.4 Å². The summed E-state index contributed by atoms with van der Waals surface area (Å²) in [5.74, 6) is -0.0118. The molecule has 2 fully saturated rings. The Morgan fingerprint density at radius 2 is 1.89 bits per heavy atom. The lowest BCUT2D eigenvalue weighted by atomic mass is 9.69. The molecule has 146 valence electrons. The molecule has 1 unspecified atom stereocenters. The van der Waals surface area contributed by atoms with Crippen molar-refractivity contribution in [1.82, 2.24) is 4.90 Å². The molecule has 1 saturated carbocycles. The fourth-order valence-electron chi connectivity index (χ4n) is 4.56. The fourth-order valence-corrected chi connectivity index (χ4v) is 4.56. The lowest BCUT2D eigenvalue weighted by Crippen LogP contribution is -2.53. The van der Waals surface area contributed by atoms with Crippen LogP contribution in [0.25, 0.3) is 0 Å². The van der Waals surface area contributed by atoms with Gasteiger partial charge in [-0.1, -0.05) is 13.3 Å². The van der Waals surface area contributed by atoms with Gasteiger partial charge in [-0.05, 0) is 56.4 Å². The number of benzene rings is 1. The summed E-state index contributed by atoms with van der Waals surface area (Å²) in [6.45, 7) is 3.31. The first-order chi connectivity index (χ1) is 12.9. The minimum Gasteiger partial charge on any atom is -0.390 e. The molecule has 0 aromatic heterocycles. The summed E-state index contributed by atoms with van der Waals surface area (Å²) in [6, 6.07) is 6.36. The fraction of sp³-hybridized carbons (Fsp3) is 0.619. The van der Waals surface area contributed by atoms with E-state index in [4.69, 9.17) is 0 Å². The second-order valence-corrected chi connectivity index (χ2v) is 8.64. The van der Waals surface area contributed by atoms with Gasteiger partial charge in [-0.25, -0.2) is 4.39 Å². The number of hydrazone groups is 1. The van der Waals surface area contributed by atoms with Gasteiger partial charge in [-0.3, -0.25) is 9.80 Å². The summed E-state index contributed by atoms with van der Waals surface area (Å²) in [5.41, 5.74) is -0.119. The van der Waals surface area contributed by atoms with Gasteiger partial charge in [-0.15, -0.1) is 0 Å². The van der Waals surface area contributed by atoms with Crippen molar-refractivity contribution < 1.29 is 14.3 Å². The van der Waals surface area contributed by atoms with Gasteiger partial charge in [0, 0.05) is 31.1 Å². The highest BCUT2D eigenvalue weighted by atomic mass is 19.1. The number of aliphatic hydroxyl groups is 1. The molecule has 1 aliphatic carbocycles. The third-order valence-electron chi connectivity index (χ3n) is 6.59. The van der Waals surface area contributed by atoms with Gasteiger partial charge in [-0.2, -0.15) is 5.10 Å². The van der Waals surface area contributed by atoms with E-state index >= 15 is 0 Å². The Hall–Kier alpha value is -1.95. The molecule has 3 aliphatic rings. The third kappa shape index (κ3) is 3.59.